The number of methoxy groups -OCH3 is 1. The summed E-state index contributed by atoms with van der Waals surface area (Å²) in [6, 6.07) is 7.44. The molecule has 3 rings (SSSR count). The molecule has 2 heterocycles. The minimum atomic E-state index is -3.14. The maximum atomic E-state index is 12.2. The molecular weight excluding hydrogens is 378 g/mol. The number of carbonyl (C=O) groups is 1. The molecule has 2 aliphatic rings. The number of anilines is 1. The zero-order valence-corrected chi connectivity index (χ0v) is 16.3. The number of halogens is 1. The number of ether oxygens (including phenoxy) is 1. The second kappa shape index (κ2) is 8.02. The first-order valence-electron chi connectivity index (χ1n) is 8.61. The number of nitrogens with one attached hydrogen (secondary N) is 1. The number of sulfone groups is 1. The Morgan fingerprint density at radius 3 is 2.62 bits per heavy atom. The van der Waals surface area contributed by atoms with Crippen LogP contribution in [0.15, 0.2) is 24.3 Å². The van der Waals surface area contributed by atoms with Gasteiger partial charge in [-0.3, -0.25) is 9.69 Å². The first-order valence-corrected chi connectivity index (χ1v) is 10.9. The SMILES string of the molecule is COc1cccc(N2CCN(CC(=O)N[C@H]3CS(=O)(=O)C[C@@H]3Cl)CC2)c1. The molecule has 0 aromatic heterocycles. The lowest BCUT2D eigenvalue weighted by atomic mass is 10.2. The minimum absolute atomic E-state index is 0.0707. The van der Waals surface area contributed by atoms with Crippen molar-refractivity contribution in [1.29, 1.82) is 0 Å². The van der Waals surface area contributed by atoms with E-state index in [-0.39, 0.29) is 24.0 Å². The highest BCUT2D eigenvalue weighted by Crippen LogP contribution is 2.22. The van der Waals surface area contributed by atoms with Gasteiger partial charge in [0.1, 0.15) is 5.75 Å². The lowest BCUT2D eigenvalue weighted by molar-refractivity contribution is -0.122. The molecule has 26 heavy (non-hydrogen) atoms. The first kappa shape index (κ1) is 19.3. The number of amides is 1. The topological polar surface area (TPSA) is 79.0 Å². The highest BCUT2D eigenvalue weighted by atomic mass is 35.5. The zero-order valence-electron chi connectivity index (χ0n) is 14.7. The van der Waals surface area contributed by atoms with Crippen LogP contribution in [-0.4, -0.2) is 82.0 Å². The summed E-state index contributed by atoms with van der Waals surface area (Å²) in [6.07, 6.45) is 0. The molecule has 9 heteroatoms. The minimum Gasteiger partial charge on any atom is -0.497 e. The normalized spacial score (nSPS) is 25.8. The van der Waals surface area contributed by atoms with E-state index < -0.39 is 21.3 Å². The second-order valence-corrected chi connectivity index (χ2v) is 9.45. The zero-order chi connectivity index (χ0) is 18.7. The third kappa shape index (κ3) is 4.81. The summed E-state index contributed by atoms with van der Waals surface area (Å²) in [5, 5.41) is 2.22. The monoisotopic (exact) mass is 401 g/mol. The van der Waals surface area contributed by atoms with E-state index in [1.54, 1.807) is 7.11 Å². The summed E-state index contributed by atoms with van der Waals surface area (Å²) in [6.45, 7) is 3.41. The van der Waals surface area contributed by atoms with Gasteiger partial charge in [0.05, 0.1) is 36.6 Å². The maximum Gasteiger partial charge on any atom is 0.234 e. The van der Waals surface area contributed by atoms with E-state index in [4.69, 9.17) is 16.3 Å². The number of benzene rings is 1. The van der Waals surface area contributed by atoms with Gasteiger partial charge in [-0.05, 0) is 12.1 Å². The van der Waals surface area contributed by atoms with E-state index in [0.29, 0.717) is 0 Å². The molecule has 2 saturated heterocycles. The Morgan fingerprint density at radius 1 is 1.27 bits per heavy atom. The molecule has 0 bridgehead atoms. The summed E-state index contributed by atoms with van der Waals surface area (Å²) < 4.78 is 28.4. The Hall–Kier alpha value is -1.51. The second-order valence-electron chi connectivity index (χ2n) is 6.73. The van der Waals surface area contributed by atoms with Crippen molar-refractivity contribution in [2.75, 3.05) is 56.2 Å². The number of nitrogens with zero attached hydrogens (tertiary/aromatic N) is 2. The molecule has 1 aromatic rings. The molecule has 144 valence electrons. The standard InChI is InChI=1S/C17H24ClN3O4S/c1-25-14-4-2-3-13(9-14)21-7-5-20(6-8-21)10-17(22)19-16-12-26(23,24)11-15(16)18/h2-4,9,15-16H,5-8,10-12H2,1H3,(H,19,22)/t15-,16-/m0/s1. The van der Waals surface area contributed by atoms with Crippen LogP contribution in [0.5, 0.6) is 5.75 Å². The van der Waals surface area contributed by atoms with Crippen LogP contribution in [0.1, 0.15) is 0 Å². The fourth-order valence-electron chi connectivity index (χ4n) is 3.36. The van der Waals surface area contributed by atoms with Gasteiger partial charge in [0.15, 0.2) is 9.84 Å². The van der Waals surface area contributed by atoms with Crippen LogP contribution in [0.2, 0.25) is 0 Å². The van der Waals surface area contributed by atoms with E-state index >= 15 is 0 Å². The van der Waals surface area contributed by atoms with Gasteiger partial charge in [-0.2, -0.15) is 0 Å². The molecule has 0 spiro atoms. The molecule has 2 fully saturated rings. The Bertz CT molecular complexity index is 750. The summed E-state index contributed by atoms with van der Waals surface area (Å²) in [5.74, 6) is 0.508. The number of hydrogen-bond acceptors (Lipinski definition) is 6. The van der Waals surface area contributed by atoms with E-state index in [1.165, 1.54) is 0 Å². The van der Waals surface area contributed by atoms with Gasteiger partial charge in [0.25, 0.3) is 0 Å². The Balaban J connectivity index is 1.47. The van der Waals surface area contributed by atoms with Crippen molar-refractivity contribution in [2.24, 2.45) is 0 Å². The van der Waals surface area contributed by atoms with Gasteiger partial charge < -0.3 is 15.0 Å². The Kier molecular flexibility index (Phi) is 5.94. The predicted octanol–water partition coefficient (Wildman–Crippen LogP) is 0.338. The van der Waals surface area contributed by atoms with Gasteiger partial charge in [0.2, 0.25) is 5.91 Å². The number of hydrogen-bond donors (Lipinski definition) is 1. The summed E-state index contributed by atoms with van der Waals surface area (Å²) in [4.78, 5) is 16.5. The van der Waals surface area contributed by atoms with E-state index in [0.717, 1.165) is 37.6 Å². The van der Waals surface area contributed by atoms with Crippen molar-refractivity contribution in [1.82, 2.24) is 10.2 Å². The molecule has 1 amide bonds. The lowest BCUT2D eigenvalue weighted by Crippen LogP contribution is -2.51. The third-order valence-corrected chi connectivity index (χ3v) is 7.16. The van der Waals surface area contributed by atoms with Crippen molar-refractivity contribution >= 4 is 33.0 Å². The van der Waals surface area contributed by atoms with Crippen molar-refractivity contribution in [3.05, 3.63) is 24.3 Å². The lowest BCUT2D eigenvalue weighted by Gasteiger charge is -2.36. The van der Waals surface area contributed by atoms with Crippen molar-refractivity contribution in [3.8, 4) is 5.75 Å². The average molecular weight is 402 g/mol. The van der Waals surface area contributed by atoms with Crippen LogP contribution in [0.25, 0.3) is 0 Å². The quantitative estimate of drug-likeness (QED) is 0.717. The molecule has 0 radical (unpaired) electrons. The average Bonchev–Trinajstić information content (AvgIpc) is 2.87. The molecule has 7 nitrogen and oxygen atoms in total. The molecule has 0 saturated carbocycles. The van der Waals surface area contributed by atoms with Crippen LogP contribution in [-0.2, 0) is 14.6 Å². The van der Waals surface area contributed by atoms with Crippen molar-refractivity contribution < 1.29 is 17.9 Å². The predicted molar refractivity (Wildman–Crippen MR) is 102 cm³/mol. The van der Waals surface area contributed by atoms with Gasteiger partial charge in [-0.15, -0.1) is 11.6 Å². The number of rotatable bonds is 5. The molecule has 0 unspecified atom stereocenters. The van der Waals surface area contributed by atoms with Gasteiger partial charge >= 0.3 is 0 Å². The molecule has 0 aliphatic carbocycles. The molecule has 1 N–H and O–H groups in total. The Labute approximate surface area is 159 Å². The van der Waals surface area contributed by atoms with E-state index in [1.807, 2.05) is 24.3 Å². The summed E-state index contributed by atoms with van der Waals surface area (Å²) >= 11 is 6.04. The maximum absolute atomic E-state index is 12.2. The van der Waals surface area contributed by atoms with Crippen molar-refractivity contribution in [3.63, 3.8) is 0 Å². The highest BCUT2D eigenvalue weighted by molar-refractivity contribution is 7.91. The summed E-state index contributed by atoms with van der Waals surface area (Å²) in [7, 11) is -1.49. The fourth-order valence-corrected chi connectivity index (χ4v) is 5.91. The molecule has 2 atom stereocenters. The van der Waals surface area contributed by atoms with Crippen LogP contribution in [0.4, 0.5) is 5.69 Å². The highest BCUT2D eigenvalue weighted by Gasteiger charge is 2.37. The summed E-state index contributed by atoms with van der Waals surface area (Å²) in [5.41, 5.74) is 1.11. The van der Waals surface area contributed by atoms with E-state index in [2.05, 4.69) is 15.1 Å². The smallest absolute Gasteiger partial charge is 0.234 e. The van der Waals surface area contributed by atoms with Crippen LogP contribution < -0.4 is 15.0 Å². The number of carbonyl (C=O) groups excluding carboxylic acids is 1. The van der Waals surface area contributed by atoms with Crippen LogP contribution >= 0.6 is 11.6 Å². The van der Waals surface area contributed by atoms with Gasteiger partial charge in [-0.25, -0.2) is 8.42 Å². The third-order valence-electron chi connectivity index (χ3n) is 4.79. The molecule has 1 aromatic carbocycles. The van der Waals surface area contributed by atoms with Gasteiger partial charge in [-0.1, -0.05) is 6.07 Å². The molecular formula is C17H24ClN3O4S. The Morgan fingerprint density at radius 2 is 2.00 bits per heavy atom. The number of piperazine rings is 1. The first-order chi connectivity index (χ1) is 12.4. The number of alkyl halides is 1. The van der Waals surface area contributed by atoms with Crippen molar-refractivity contribution in [2.45, 2.75) is 11.4 Å². The van der Waals surface area contributed by atoms with E-state index in [9.17, 15) is 13.2 Å². The van der Waals surface area contributed by atoms with Crippen LogP contribution in [0.3, 0.4) is 0 Å². The fraction of sp³-hybridized carbons (Fsp3) is 0.588. The van der Waals surface area contributed by atoms with Gasteiger partial charge in [0, 0.05) is 37.9 Å². The largest absolute Gasteiger partial charge is 0.497 e. The molecule has 2 aliphatic heterocycles. The van der Waals surface area contributed by atoms with Crippen LogP contribution in [0, 0.1) is 0 Å².